The molecule has 3 rings (SSSR count). The molecule has 0 unspecified atom stereocenters. The van der Waals surface area contributed by atoms with E-state index in [4.69, 9.17) is 24.4 Å². The van der Waals surface area contributed by atoms with Crippen LogP contribution in [0.3, 0.4) is 0 Å². The number of carbonyl (C=O) groups is 1. The van der Waals surface area contributed by atoms with E-state index in [1.165, 1.54) is 11.9 Å². The second-order valence-electron chi connectivity index (χ2n) is 6.91. The van der Waals surface area contributed by atoms with Crippen molar-refractivity contribution in [3.63, 3.8) is 0 Å². The second kappa shape index (κ2) is 11.3. The van der Waals surface area contributed by atoms with Gasteiger partial charge in [0.1, 0.15) is 12.4 Å². The fourth-order valence-electron chi connectivity index (χ4n) is 3.09. The third-order valence-corrected chi connectivity index (χ3v) is 4.79. The van der Waals surface area contributed by atoms with Gasteiger partial charge < -0.3 is 24.4 Å². The molecule has 7 nitrogen and oxygen atoms in total. The van der Waals surface area contributed by atoms with Gasteiger partial charge in [0, 0.05) is 12.7 Å². The van der Waals surface area contributed by atoms with Gasteiger partial charge in [-0.3, -0.25) is 4.90 Å². The molecule has 0 fully saturated rings. The number of ether oxygens (including phenoxy) is 3. The van der Waals surface area contributed by atoms with Crippen LogP contribution in [0, 0.1) is 0 Å². The summed E-state index contributed by atoms with van der Waals surface area (Å²) in [4.78, 5) is 12.3. The van der Waals surface area contributed by atoms with Crippen molar-refractivity contribution in [1.29, 1.82) is 0 Å². The van der Waals surface area contributed by atoms with E-state index < -0.39 is 6.09 Å². The molecule has 0 bridgehead atoms. The molecule has 164 valence electrons. The van der Waals surface area contributed by atoms with Gasteiger partial charge in [-0.15, -0.1) is 0 Å². The smallest absolute Gasteiger partial charge is 0.411 e. The third kappa shape index (κ3) is 6.42. The maximum absolute atomic E-state index is 11.1. The third-order valence-electron chi connectivity index (χ3n) is 4.79. The van der Waals surface area contributed by atoms with Gasteiger partial charge in [0.2, 0.25) is 0 Å². The molecule has 0 saturated carbocycles. The van der Waals surface area contributed by atoms with Crippen LogP contribution in [-0.2, 0) is 9.47 Å². The number of fused-ring (bicyclic) bond motifs is 1. The van der Waals surface area contributed by atoms with Crippen molar-refractivity contribution in [2.24, 2.45) is 0 Å². The zero-order chi connectivity index (χ0) is 22.1. The van der Waals surface area contributed by atoms with Crippen LogP contribution in [0.1, 0.15) is 0 Å². The topological polar surface area (TPSA) is 88.5 Å². The molecular weight excluding hydrogens is 398 g/mol. The highest BCUT2D eigenvalue weighted by Crippen LogP contribution is 2.28. The largest absolute Gasteiger partial charge is 0.491 e. The van der Waals surface area contributed by atoms with Crippen LogP contribution in [0.15, 0.2) is 60.7 Å². The SMILES string of the molecule is CN(C(=O)O)c1ccc(-c2ccc3cc(OCCOCCOCCO)ccc3c2)cc1. The number of amides is 1. The van der Waals surface area contributed by atoms with E-state index in [0.717, 1.165) is 27.6 Å². The minimum absolute atomic E-state index is 0.0171. The average molecular weight is 425 g/mol. The van der Waals surface area contributed by atoms with E-state index in [-0.39, 0.29) is 6.61 Å². The Bertz CT molecular complexity index is 989. The lowest BCUT2D eigenvalue weighted by Crippen LogP contribution is -2.23. The molecule has 31 heavy (non-hydrogen) atoms. The van der Waals surface area contributed by atoms with E-state index in [2.05, 4.69) is 6.07 Å². The van der Waals surface area contributed by atoms with Crippen molar-refractivity contribution in [2.75, 3.05) is 51.6 Å². The van der Waals surface area contributed by atoms with Crippen molar-refractivity contribution < 1.29 is 29.2 Å². The molecule has 3 aromatic rings. The highest BCUT2D eigenvalue weighted by atomic mass is 16.5. The molecule has 1 amide bonds. The molecule has 0 aliphatic carbocycles. The fraction of sp³-hybridized carbons (Fsp3) is 0.292. The molecule has 0 atom stereocenters. The van der Waals surface area contributed by atoms with Gasteiger partial charge in [0.05, 0.1) is 33.0 Å². The van der Waals surface area contributed by atoms with Gasteiger partial charge in [-0.05, 0) is 52.2 Å². The molecule has 0 heterocycles. The maximum atomic E-state index is 11.1. The highest BCUT2D eigenvalue weighted by molar-refractivity contribution is 5.89. The minimum atomic E-state index is -0.991. The zero-order valence-corrected chi connectivity index (χ0v) is 17.5. The fourth-order valence-corrected chi connectivity index (χ4v) is 3.09. The lowest BCUT2D eigenvalue weighted by atomic mass is 10.0. The summed E-state index contributed by atoms with van der Waals surface area (Å²) in [5.74, 6) is 0.779. The summed E-state index contributed by atoms with van der Waals surface area (Å²) in [6.45, 7) is 2.18. The second-order valence-corrected chi connectivity index (χ2v) is 6.91. The highest BCUT2D eigenvalue weighted by Gasteiger charge is 2.08. The maximum Gasteiger partial charge on any atom is 0.411 e. The molecule has 0 saturated heterocycles. The number of carboxylic acid groups (broad SMARTS) is 1. The number of hydrogen-bond donors (Lipinski definition) is 2. The Balaban J connectivity index is 1.57. The first kappa shape index (κ1) is 22.6. The molecule has 0 aromatic heterocycles. The Morgan fingerprint density at radius 3 is 2.13 bits per heavy atom. The molecule has 0 radical (unpaired) electrons. The molecule has 7 heteroatoms. The van der Waals surface area contributed by atoms with Crippen LogP contribution in [0.4, 0.5) is 10.5 Å². The average Bonchev–Trinajstić information content (AvgIpc) is 2.80. The first-order chi connectivity index (χ1) is 15.1. The number of anilines is 1. The molecular formula is C24H27NO6. The Kier molecular flexibility index (Phi) is 8.23. The predicted octanol–water partition coefficient (Wildman–Crippen LogP) is 4.03. The van der Waals surface area contributed by atoms with Crippen molar-refractivity contribution in [3.05, 3.63) is 60.7 Å². The van der Waals surface area contributed by atoms with Crippen LogP contribution in [0.25, 0.3) is 21.9 Å². The van der Waals surface area contributed by atoms with Crippen molar-refractivity contribution >= 4 is 22.6 Å². The number of hydrogen-bond acceptors (Lipinski definition) is 5. The summed E-state index contributed by atoms with van der Waals surface area (Å²) in [7, 11) is 1.52. The summed E-state index contributed by atoms with van der Waals surface area (Å²) in [5, 5.41) is 19.9. The molecule has 0 aliphatic heterocycles. The number of nitrogens with zero attached hydrogens (tertiary/aromatic N) is 1. The zero-order valence-electron chi connectivity index (χ0n) is 17.5. The summed E-state index contributed by atoms with van der Waals surface area (Å²) in [6, 6.07) is 19.6. The Labute approximate surface area is 181 Å². The Morgan fingerprint density at radius 1 is 0.806 bits per heavy atom. The molecule has 3 aromatic carbocycles. The first-order valence-corrected chi connectivity index (χ1v) is 10.1. The molecule has 0 spiro atoms. The van der Waals surface area contributed by atoms with Crippen LogP contribution in [0.5, 0.6) is 5.75 Å². The predicted molar refractivity (Wildman–Crippen MR) is 120 cm³/mol. The Morgan fingerprint density at radius 2 is 1.42 bits per heavy atom. The van der Waals surface area contributed by atoms with E-state index in [1.807, 2.05) is 42.5 Å². The van der Waals surface area contributed by atoms with Crippen LogP contribution < -0.4 is 9.64 Å². The van der Waals surface area contributed by atoms with E-state index in [0.29, 0.717) is 38.7 Å². The lowest BCUT2D eigenvalue weighted by Gasteiger charge is -2.13. The standard InChI is InChI=1S/C24H27NO6/c1-25(24(27)28)22-7-4-18(5-8-22)19-2-3-21-17-23(9-6-20(21)16-19)31-15-14-30-13-12-29-11-10-26/h2-9,16-17,26H,10-15H2,1H3,(H,27,28). The van der Waals surface area contributed by atoms with Crippen LogP contribution >= 0.6 is 0 Å². The number of aliphatic hydroxyl groups is 1. The molecule has 0 aliphatic rings. The Hall–Kier alpha value is -3.13. The van der Waals surface area contributed by atoms with Crippen molar-refractivity contribution in [2.45, 2.75) is 0 Å². The summed E-state index contributed by atoms with van der Waals surface area (Å²) >= 11 is 0. The van der Waals surface area contributed by atoms with E-state index in [9.17, 15) is 4.79 Å². The van der Waals surface area contributed by atoms with Crippen molar-refractivity contribution in [3.8, 4) is 16.9 Å². The van der Waals surface area contributed by atoms with E-state index in [1.54, 1.807) is 12.1 Å². The summed E-state index contributed by atoms with van der Waals surface area (Å²) in [5.41, 5.74) is 2.70. The monoisotopic (exact) mass is 425 g/mol. The van der Waals surface area contributed by atoms with E-state index >= 15 is 0 Å². The number of benzene rings is 3. The van der Waals surface area contributed by atoms with Crippen LogP contribution in [0.2, 0.25) is 0 Å². The van der Waals surface area contributed by atoms with Gasteiger partial charge in [-0.2, -0.15) is 0 Å². The number of aliphatic hydroxyl groups excluding tert-OH is 1. The first-order valence-electron chi connectivity index (χ1n) is 10.1. The minimum Gasteiger partial charge on any atom is -0.491 e. The van der Waals surface area contributed by atoms with Gasteiger partial charge in [-0.25, -0.2) is 4.79 Å². The van der Waals surface area contributed by atoms with Gasteiger partial charge >= 0.3 is 6.09 Å². The molecule has 2 N–H and O–H groups in total. The lowest BCUT2D eigenvalue weighted by molar-refractivity contribution is 0.0247. The summed E-state index contributed by atoms with van der Waals surface area (Å²) in [6.07, 6.45) is -0.991. The quantitative estimate of drug-likeness (QED) is 0.451. The number of rotatable bonds is 11. The van der Waals surface area contributed by atoms with Crippen molar-refractivity contribution in [1.82, 2.24) is 0 Å². The van der Waals surface area contributed by atoms with Gasteiger partial charge in [0.25, 0.3) is 0 Å². The van der Waals surface area contributed by atoms with Gasteiger partial charge in [0.15, 0.2) is 0 Å². The summed E-state index contributed by atoms with van der Waals surface area (Å²) < 4.78 is 16.3. The van der Waals surface area contributed by atoms with Gasteiger partial charge in [-0.1, -0.05) is 30.3 Å². The van der Waals surface area contributed by atoms with Crippen LogP contribution in [-0.4, -0.2) is 63.0 Å². The normalized spacial score (nSPS) is 10.9.